The number of aliphatic carboxylic acids is 1. The molecule has 0 aliphatic heterocycles. The number of hydrogen-bond donors (Lipinski definition) is 1. The van der Waals surface area contributed by atoms with E-state index in [2.05, 4.69) is 15.9 Å². The summed E-state index contributed by atoms with van der Waals surface area (Å²) < 4.78 is 11.1. The van der Waals surface area contributed by atoms with E-state index in [1.54, 1.807) is 0 Å². The molecule has 5 heteroatoms. The molecule has 1 N–H and O–H groups in total. The number of carboxylic acids is 1. The van der Waals surface area contributed by atoms with Crippen molar-refractivity contribution in [3.05, 3.63) is 28.7 Å². The minimum atomic E-state index is -0.975. The fraction of sp³-hybridized carbons (Fsp3) is 0.300. The number of carbonyl (C=O) groups is 1. The van der Waals surface area contributed by atoms with Crippen LogP contribution in [-0.4, -0.2) is 30.9 Å². The van der Waals surface area contributed by atoms with Crippen molar-refractivity contribution in [2.45, 2.75) is 0 Å². The van der Waals surface area contributed by atoms with Crippen LogP contribution in [-0.2, 0) is 9.53 Å². The van der Waals surface area contributed by atoms with Crippen LogP contribution in [0.25, 0.3) is 0 Å². The summed E-state index contributed by atoms with van der Waals surface area (Å²) in [5, 5.41) is 8.29. The van der Waals surface area contributed by atoms with Gasteiger partial charge in [0, 0.05) is 4.47 Å². The van der Waals surface area contributed by atoms with Crippen molar-refractivity contribution in [2.75, 3.05) is 19.8 Å². The second kappa shape index (κ2) is 6.42. The third-order valence-corrected chi connectivity index (χ3v) is 2.01. The van der Waals surface area contributed by atoms with Crippen LogP contribution in [0.3, 0.4) is 0 Å². The lowest BCUT2D eigenvalue weighted by Crippen LogP contribution is -2.12. The number of rotatable bonds is 6. The lowest BCUT2D eigenvalue weighted by molar-refractivity contribution is -0.142. The lowest BCUT2D eigenvalue weighted by Gasteiger charge is -2.05. The van der Waals surface area contributed by atoms with Gasteiger partial charge in [0.1, 0.15) is 19.0 Å². The van der Waals surface area contributed by atoms with Crippen LogP contribution in [0.2, 0.25) is 0 Å². The predicted molar refractivity (Wildman–Crippen MR) is 58.1 cm³/mol. The highest BCUT2D eigenvalue weighted by atomic mass is 79.9. The molecule has 0 aliphatic carbocycles. The first-order chi connectivity index (χ1) is 7.18. The molecule has 0 aromatic heterocycles. The lowest BCUT2D eigenvalue weighted by atomic mass is 10.3. The first kappa shape index (κ1) is 12.0. The summed E-state index contributed by atoms with van der Waals surface area (Å²) in [5.74, 6) is -0.249. The zero-order chi connectivity index (χ0) is 11.1. The Morgan fingerprint density at radius 3 is 2.87 bits per heavy atom. The Balaban J connectivity index is 2.17. The van der Waals surface area contributed by atoms with Gasteiger partial charge in [-0.25, -0.2) is 4.79 Å². The molecule has 1 aromatic carbocycles. The minimum absolute atomic E-state index is 0.263. The molecule has 0 saturated heterocycles. The maximum atomic E-state index is 10.1. The highest BCUT2D eigenvalue weighted by Gasteiger charge is 1.97. The van der Waals surface area contributed by atoms with E-state index in [1.165, 1.54) is 0 Å². The monoisotopic (exact) mass is 274 g/mol. The van der Waals surface area contributed by atoms with E-state index < -0.39 is 5.97 Å². The first-order valence-corrected chi connectivity index (χ1v) is 5.15. The molecule has 4 nitrogen and oxygen atoms in total. The van der Waals surface area contributed by atoms with Gasteiger partial charge in [0.15, 0.2) is 0 Å². The fourth-order valence-electron chi connectivity index (χ4n) is 0.935. The Morgan fingerprint density at radius 1 is 1.40 bits per heavy atom. The normalized spacial score (nSPS) is 9.93. The number of ether oxygens (including phenoxy) is 2. The van der Waals surface area contributed by atoms with Gasteiger partial charge in [0.2, 0.25) is 0 Å². The van der Waals surface area contributed by atoms with E-state index >= 15 is 0 Å². The molecule has 0 heterocycles. The van der Waals surface area contributed by atoms with Gasteiger partial charge in [0.25, 0.3) is 0 Å². The SMILES string of the molecule is O=C(O)COCCOc1cccc(Br)c1. The van der Waals surface area contributed by atoms with Gasteiger partial charge in [0.05, 0.1) is 6.61 Å². The van der Waals surface area contributed by atoms with Crippen LogP contribution in [0, 0.1) is 0 Å². The van der Waals surface area contributed by atoms with Crippen molar-refractivity contribution in [3.63, 3.8) is 0 Å². The third-order valence-electron chi connectivity index (χ3n) is 1.52. The zero-order valence-electron chi connectivity index (χ0n) is 7.98. The van der Waals surface area contributed by atoms with Crippen molar-refractivity contribution in [1.82, 2.24) is 0 Å². The molecule has 0 fully saturated rings. The summed E-state index contributed by atoms with van der Waals surface area (Å²) in [7, 11) is 0. The number of carboxylic acid groups (broad SMARTS) is 1. The summed E-state index contributed by atoms with van der Waals surface area (Å²) in [5.41, 5.74) is 0. The highest BCUT2D eigenvalue weighted by Crippen LogP contribution is 2.17. The molecule has 0 spiro atoms. The molecule has 1 aromatic rings. The van der Waals surface area contributed by atoms with Crippen LogP contribution >= 0.6 is 15.9 Å². The summed E-state index contributed by atoms with van der Waals surface area (Å²) in [6.07, 6.45) is 0. The van der Waals surface area contributed by atoms with Gasteiger partial charge in [-0.3, -0.25) is 0 Å². The summed E-state index contributed by atoms with van der Waals surface area (Å²) in [6, 6.07) is 7.41. The van der Waals surface area contributed by atoms with Crippen LogP contribution in [0.1, 0.15) is 0 Å². The van der Waals surface area contributed by atoms with Crippen molar-refractivity contribution in [3.8, 4) is 5.75 Å². The Kier molecular flexibility index (Phi) is 5.14. The molecule has 0 bridgehead atoms. The quantitative estimate of drug-likeness (QED) is 0.806. The Labute approximate surface area is 95.9 Å². The van der Waals surface area contributed by atoms with Crippen molar-refractivity contribution >= 4 is 21.9 Å². The van der Waals surface area contributed by atoms with Crippen LogP contribution < -0.4 is 4.74 Å². The average Bonchev–Trinajstić information content (AvgIpc) is 2.17. The largest absolute Gasteiger partial charge is 0.491 e. The van der Waals surface area contributed by atoms with Gasteiger partial charge in [-0.1, -0.05) is 22.0 Å². The van der Waals surface area contributed by atoms with Crippen molar-refractivity contribution < 1.29 is 19.4 Å². The maximum absolute atomic E-state index is 10.1. The first-order valence-electron chi connectivity index (χ1n) is 4.36. The fourth-order valence-corrected chi connectivity index (χ4v) is 1.31. The van der Waals surface area contributed by atoms with E-state index in [-0.39, 0.29) is 13.2 Å². The summed E-state index contributed by atoms with van der Waals surface area (Å²) in [4.78, 5) is 10.1. The van der Waals surface area contributed by atoms with Gasteiger partial charge in [-0.05, 0) is 18.2 Å². The van der Waals surface area contributed by atoms with Gasteiger partial charge >= 0.3 is 5.97 Å². The maximum Gasteiger partial charge on any atom is 0.329 e. The number of hydrogen-bond acceptors (Lipinski definition) is 3. The van der Waals surface area contributed by atoms with E-state index in [9.17, 15) is 4.79 Å². The molecule has 0 atom stereocenters. The van der Waals surface area contributed by atoms with Gasteiger partial charge in [-0.2, -0.15) is 0 Å². The molecular formula is C10H11BrO4. The van der Waals surface area contributed by atoms with E-state index in [0.29, 0.717) is 6.61 Å². The second-order valence-corrected chi connectivity index (χ2v) is 3.67. The molecule has 0 aliphatic rings. The Bertz CT molecular complexity index is 327. The van der Waals surface area contributed by atoms with Crippen molar-refractivity contribution in [2.24, 2.45) is 0 Å². The molecule has 0 radical (unpaired) electrons. The predicted octanol–water partition coefficient (Wildman–Crippen LogP) is 1.93. The molecule has 15 heavy (non-hydrogen) atoms. The van der Waals surface area contributed by atoms with Crippen LogP contribution in [0.15, 0.2) is 28.7 Å². The standard InChI is InChI=1S/C10H11BrO4/c11-8-2-1-3-9(6-8)15-5-4-14-7-10(12)13/h1-3,6H,4-5,7H2,(H,12,13). The molecule has 0 unspecified atom stereocenters. The molecular weight excluding hydrogens is 264 g/mol. The highest BCUT2D eigenvalue weighted by molar-refractivity contribution is 9.10. The number of benzene rings is 1. The average molecular weight is 275 g/mol. The van der Waals surface area contributed by atoms with E-state index in [0.717, 1.165) is 10.2 Å². The summed E-state index contributed by atoms with van der Waals surface area (Å²) >= 11 is 3.31. The summed E-state index contributed by atoms with van der Waals surface area (Å²) in [6.45, 7) is 0.310. The molecule has 1 rings (SSSR count). The smallest absolute Gasteiger partial charge is 0.329 e. The minimum Gasteiger partial charge on any atom is -0.491 e. The zero-order valence-corrected chi connectivity index (χ0v) is 9.57. The topological polar surface area (TPSA) is 55.8 Å². The Hall–Kier alpha value is -1.07. The van der Waals surface area contributed by atoms with Crippen molar-refractivity contribution in [1.29, 1.82) is 0 Å². The van der Waals surface area contributed by atoms with Gasteiger partial charge < -0.3 is 14.6 Å². The van der Waals surface area contributed by atoms with E-state index in [4.69, 9.17) is 14.6 Å². The Morgan fingerprint density at radius 2 is 2.20 bits per heavy atom. The van der Waals surface area contributed by atoms with Crippen LogP contribution in [0.5, 0.6) is 5.75 Å². The van der Waals surface area contributed by atoms with Gasteiger partial charge in [-0.15, -0.1) is 0 Å². The number of halogens is 1. The third kappa shape index (κ3) is 5.39. The van der Waals surface area contributed by atoms with Crippen LogP contribution in [0.4, 0.5) is 0 Å². The van der Waals surface area contributed by atoms with E-state index in [1.807, 2.05) is 24.3 Å². The molecule has 0 amide bonds. The second-order valence-electron chi connectivity index (χ2n) is 2.75. The molecule has 0 saturated carbocycles. The molecule has 82 valence electrons.